The van der Waals surface area contributed by atoms with Crippen LogP contribution in [-0.2, 0) is 0 Å². The highest BCUT2D eigenvalue weighted by molar-refractivity contribution is 6.30. The van der Waals surface area contributed by atoms with Gasteiger partial charge in [0, 0.05) is 11.8 Å². The highest BCUT2D eigenvalue weighted by Crippen LogP contribution is 2.36. The zero-order valence-corrected chi connectivity index (χ0v) is 11.2. The van der Waals surface area contributed by atoms with E-state index in [4.69, 9.17) is 11.6 Å². The number of hydrogen-bond acceptors (Lipinski definition) is 2. The Hall–Kier alpha value is -1.67. The molecule has 1 aromatic heterocycles. The molecule has 1 saturated carbocycles. The van der Waals surface area contributed by atoms with Gasteiger partial charge in [0.1, 0.15) is 5.69 Å². The Bertz CT molecular complexity index is 602. The summed E-state index contributed by atoms with van der Waals surface area (Å²) >= 11 is 5.78. The second-order valence-corrected chi connectivity index (χ2v) is 5.38. The maximum atomic E-state index is 12.3. The predicted molar refractivity (Wildman–Crippen MR) is 75.7 cm³/mol. The van der Waals surface area contributed by atoms with Crippen LogP contribution < -0.4 is 0 Å². The van der Waals surface area contributed by atoms with Crippen LogP contribution in [0.25, 0.3) is 0 Å². The van der Waals surface area contributed by atoms with Crippen molar-refractivity contribution in [1.82, 2.24) is 4.98 Å². The number of rotatable bonds is 3. The molecule has 0 radical (unpaired) electrons. The number of hydrogen-bond donors (Lipinski definition) is 0. The van der Waals surface area contributed by atoms with E-state index < -0.39 is 0 Å². The summed E-state index contributed by atoms with van der Waals surface area (Å²) in [6, 6.07) is 11.3. The molecular weight excluding hydrogens is 258 g/mol. The molecule has 96 valence electrons. The van der Waals surface area contributed by atoms with Gasteiger partial charge in [0.25, 0.3) is 0 Å². The second-order valence-electron chi connectivity index (χ2n) is 4.94. The van der Waals surface area contributed by atoms with Crippen LogP contribution in [0.2, 0.25) is 5.02 Å². The molecule has 0 N–H and O–H groups in total. The Balaban J connectivity index is 1.88. The van der Waals surface area contributed by atoms with Crippen molar-refractivity contribution in [2.75, 3.05) is 0 Å². The molecule has 0 amide bonds. The predicted octanol–water partition coefficient (Wildman–Crippen LogP) is 4.23. The summed E-state index contributed by atoms with van der Waals surface area (Å²) in [6.45, 7) is 0. The number of benzene rings is 1. The molecule has 1 aromatic carbocycles. The summed E-state index contributed by atoms with van der Waals surface area (Å²) in [5.74, 6) is 0.587. The van der Waals surface area contributed by atoms with Crippen LogP contribution in [0.1, 0.15) is 46.8 Å². The Labute approximate surface area is 117 Å². The zero-order chi connectivity index (χ0) is 13.2. The van der Waals surface area contributed by atoms with Crippen molar-refractivity contribution in [3.8, 4) is 0 Å². The van der Waals surface area contributed by atoms with Crippen LogP contribution in [0.15, 0.2) is 42.6 Å². The van der Waals surface area contributed by atoms with Gasteiger partial charge in [-0.15, -0.1) is 0 Å². The summed E-state index contributed by atoms with van der Waals surface area (Å²) < 4.78 is 0. The maximum Gasteiger partial charge on any atom is 0.211 e. The third-order valence-corrected chi connectivity index (χ3v) is 3.91. The molecule has 1 heterocycles. The normalized spacial score (nSPS) is 15.0. The number of carbonyl (C=O) groups excluding carboxylic acids is 1. The first kappa shape index (κ1) is 12.4. The molecule has 0 atom stereocenters. The average molecular weight is 272 g/mol. The van der Waals surface area contributed by atoms with Gasteiger partial charge in [-0.3, -0.25) is 9.78 Å². The van der Waals surface area contributed by atoms with Crippen LogP contribution in [-0.4, -0.2) is 10.8 Å². The topological polar surface area (TPSA) is 30.0 Å². The Morgan fingerprint density at radius 3 is 2.68 bits per heavy atom. The zero-order valence-electron chi connectivity index (χ0n) is 10.5. The van der Waals surface area contributed by atoms with Crippen molar-refractivity contribution in [1.29, 1.82) is 0 Å². The van der Waals surface area contributed by atoms with E-state index in [2.05, 4.69) is 11.1 Å². The summed E-state index contributed by atoms with van der Waals surface area (Å²) in [5.41, 5.74) is 2.42. The van der Waals surface area contributed by atoms with E-state index in [1.165, 1.54) is 31.0 Å². The average Bonchev–Trinajstić information content (AvgIpc) is 2.37. The molecule has 2 nitrogen and oxygen atoms in total. The van der Waals surface area contributed by atoms with Crippen molar-refractivity contribution in [2.24, 2.45) is 0 Å². The van der Waals surface area contributed by atoms with Crippen molar-refractivity contribution in [3.05, 3.63) is 64.4 Å². The highest BCUT2D eigenvalue weighted by atomic mass is 35.5. The first-order chi connectivity index (χ1) is 9.24. The van der Waals surface area contributed by atoms with E-state index in [1.54, 1.807) is 12.1 Å². The maximum absolute atomic E-state index is 12.3. The fraction of sp³-hybridized carbons (Fsp3) is 0.250. The van der Waals surface area contributed by atoms with Gasteiger partial charge in [-0.05, 0) is 42.5 Å². The first-order valence-electron chi connectivity index (χ1n) is 6.50. The molecule has 0 unspecified atom stereocenters. The number of nitrogens with zero attached hydrogens (tertiary/aromatic N) is 1. The van der Waals surface area contributed by atoms with Crippen molar-refractivity contribution in [2.45, 2.75) is 25.2 Å². The van der Waals surface area contributed by atoms with Gasteiger partial charge in [-0.25, -0.2) is 0 Å². The lowest BCUT2D eigenvalue weighted by molar-refractivity contribution is 0.103. The molecule has 19 heavy (non-hydrogen) atoms. The molecule has 0 bridgehead atoms. The van der Waals surface area contributed by atoms with Gasteiger partial charge in [0.15, 0.2) is 0 Å². The number of halogens is 1. The highest BCUT2D eigenvalue weighted by Gasteiger charge is 2.20. The van der Waals surface area contributed by atoms with Crippen LogP contribution in [0.3, 0.4) is 0 Å². The van der Waals surface area contributed by atoms with Crippen LogP contribution in [0.4, 0.5) is 0 Å². The molecule has 3 rings (SSSR count). The summed E-state index contributed by atoms with van der Waals surface area (Å²) in [7, 11) is 0. The van der Waals surface area contributed by atoms with Gasteiger partial charge in [0.05, 0.1) is 5.02 Å². The Kier molecular flexibility index (Phi) is 3.34. The summed E-state index contributed by atoms with van der Waals surface area (Å²) in [4.78, 5) is 16.4. The van der Waals surface area contributed by atoms with E-state index in [9.17, 15) is 4.79 Å². The summed E-state index contributed by atoms with van der Waals surface area (Å²) in [5, 5.41) is 0.541. The first-order valence-corrected chi connectivity index (χ1v) is 6.88. The van der Waals surface area contributed by atoms with Crippen molar-refractivity contribution < 1.29 is 4.79 Å². The minimum Gasteiger partial charge on any atom is -0.287 e. The van der Waals surface area contributed by atoms with Crippen LogP contribution in [0.5, 0.6) is 0 Å². The van der Waals surface area contributed by atoms with Crippen LogP contribution >= 0.6 is 11.6 Å². The monoisotopic (exact) mass is 271 g/mol. The number of aromatic nitrogens is 1. The molecule has 1 aliphatic rings. The Morgan fingerprint density at radius 1 is 1.21 bits per heavy atom. The lowest BCUT2D eigenvalue weighted by atomic mass is 9.79. The quantitative estimate of drug-likeness (QED) is 0.782. The third kappa shape index (κ3) is 2.54. The molecule has 0 saturated heterocycles. The van der Waals surface area contributed by atoms with E-state index in [0.29, 0.717) is 22.2 Å². The standard InChI is InChI=1S/C16H14ClNO/c17-14-7-8-15(18-10-14)16(19)13-6-2-5-12(9-13)11-3-1-4-11/h2,5-11H,1,3-4H2. The molecule has 0 spiro atoms. The van der Waals surface area contributed by atoms with E-state index in [1.807, 2.05) is 18.2 Å². The largest absolute Gasteiger partial charge is 0.287 e. The minimum atomic E-state index is -0.0437. The van der Waals surface area contributed by atoms with Gasteiger partial charge in [-0.1, -0.05) is 36.2 Å². The van der Waals surface area contributed by atoms with Gasteiger partial charge >= 0.3 is 0 Å². The fourth-order valence-corrected chi connectivity index (χ4v) is 2.45. The fourth-order valence-electron chi connectivity index (χ4n) is 2.33. The third-order valence-electron chi connectivity index (χ3n) is 3.69. The molecule has 1 fully saturated rings. The van der Waals surface area contributed by atoms with E-state index in [0.717, 1.165) is 0 Å². The van der Waals surface area contributed by atoms with Gasteiger partial charge in [0.2, 0.25) is 5.78 Å². The number of ketones is 1. The SMILES string of the molecule is O=C(c1cccc(C2CCC2)c1)c1ccc(Cl)cn1. The summed E-state index contributed by atoms with van der Waals surface area (Å²) in [6.07, 6.45) is 5.26. The van der Waals surface area contributed by atoms with Crippen molar-refractivity contribution in [3.63, 3.8) is 0 Å². The number of pyridine rings is 1. The van der Waals surface area contributed by atoms with Crippen molar-refractivity contribution >= 4 is 17.4 Å². The van der Waals surface area contributed by atoms with E-state index >= 15 is 0 Å². The molecule has 1 aliphatic carbocycles. The van der Waals surface area contributed by atoms with Gasteiger partial charge in [-0.2, -0.15) is 0 Å². The Morgan fingerprint density at radius 2 is 2.05 bits per heavy atom. The number of carbonyl (C=O) groups is 1. The van der Waals surface area contributed by atoms with E-state index in [-0.39, 0.29) is 5.78 Å². The molecular formula is C16H14ClNO. The minimum absolute atomic E-state index is 0.0437. The molecule has 0 aliphatic heterocycles. The smallest absolute Gasteiger partial charge is 0.211 e. The molecule has 3 heteroatoms. The lowest BCUT2D eigenvalue weighted by Crippen LogP contribution is -2.10. The second kappa shape index (κ2) is 5.14. The molecule has 2 aromatic rings. The van der Waals surface area contributed by atoms with Gasteiger partial charge < -0.3 is 0 Å². The lowest BCUT2D eigenvalue weighted by Gasteiger charge is -2.26. The van der Waals surface area contributed by atoms with Crippen LogP contribution in [0, 0.1) is 0 Å².